The summed E-state index contributed by atoms with van der Waals surface area (Å²) in [6.07, 6.45) is 4.53. The van der Waals surface area contributed by atoms with Crippen molar-refractivity contribution in [1.29, 1.82) is 0 Å². The number of aliphatic hydroxyl groups excluding tert-OH is 1. The molecule has 3 aromatic rings. The number of hydrogen-bond acceptors (Lipinski definition) is 5. The van der Waals surface area contributed by atoms with E-state index in [-0.39, 0.29) is 12.6 Å². The van der Waals surface area contributed by atoms with Crippen LogP contribution in [0.5, 0.6) is 5.75 Å². The maximum atomic E-state index is 11.6. The van der Waals surface area contributed by atoms with Crippen LogP contribution in [0.4, 0.5) is 0 Å². The van der Waals surface area contributed by atoms with Crippen molar-refractivity contribution in [3.05, 3.63) is 101 Å². The summed E-state index contributed by atoms with van der Waals surface area (Å²) < 4.78 is 31.5. The molecule has 1 aliphatic rings. The minimum absolute atomic E-state index is 0.236. The highest BCUT2D eigenvalue weighted by Gasteiger charge is 2.25. The smallest absolute Gasteiger partial charge is 0.209 e. The predicted octanol–water partition coefficient (Wildman–Crippen LogP) is 3.93. The first-order valence-corrected chi connectivity index (χ1v) is 14.4. The molecule has 2 atom stereocenters. The van der Waals surface area contributed by atoms with Crippen LogP contribution < -0.4 is 9.46 Å². The van der Waals surface area contributed by atoms with Gasteiger partial charge in [-0.3, -0.25) is 4.90 Å². The Balaban J connectivity index is 1.49. The number of benzene rings is 3. The largest absolute Gasteiger partial charge is 0.491 e. The summed E-state index contributed by atoms with van der Waals surface area (Å²) in [5.41, 5.74) is 4.77. The van der Waals surface area contributed by atoms with Crippen molar-refractivity contribution in [3.63, 3.8) is 0 Å². The van der Waals surface area contributed by atoms with E-state index in [9.17, 15) is 13.5 Å². The number of ether oxygens (including phenoxy) is 1. The Labute approximate surface area is 215 Å². The highest BCUT2D eigenvalue weighted by Crippen LogP contribution is 2.26. The van der Waals surface area contributed by atoms with Gasteiger partial charge in [0.1, 0.15) is 18.5 Å². The Morgan fingerprint density at radius 1 is 1.00 bits per heavy atom. The van der Waals surface area contributed by atoms with Gasteiger partial charge in [0, 0.05) is 25.7 Å². The Bertz CT molecular complexity index is 1200. The lowest BCUT2D eigenvalue weighted by molar-refractivity contribution is 0.0463. The molecule has 36 heavy (non-hydrogen) atoms. The highest BCUT2D eigenvalue weighted by atomic mass is 32.2. The lowest BCUT2D eigenvalue weighted by Crippen LogP contribution is -2.42. The summed E-state index contributed by atoms with van der Waals surface area (Å²) in [5, 5.41) is 10.9. The molecular formula is C29H36N2O4S. The van der Waals surface area contributed by atoms with Crippen molar-refractivity contribution in [2.24, 2.45) is 0 Å². The number of nitrogens with zero attached hydrogens (tertiary/aromatic N) is 1. The third-order valence-electron chi connectivity index (χ3n) is 6.62. The highest BCUT2D eigenvalue weighted by molar-refractivity contribution is 7.88. The van der Waals surface area contributed by atoms with Crippen LogP contribution in [0, 0.1) is 0 Å². The predicted molar refractivity (Wildman–Crippen MR) is 143 cm³/mol. The summed E-state index contributed by atoms with van der Waals surface area (Å²) in [4.78, 5) is 2.38. The summed E-state index contributed by atoms with van der Waals surface area (Å²) in [6.45, 7) is 1.79. The van der Waals surface area contributed by atoms with Gasteiger partial charge in [-0.1, -0.05) is 66.7 Å². The summed E-state index contributed by atoms with van der Waals surface area (Å²) in [5.74, 6) is 0.754. The van der Waals surface area contributed by atoms with Crippen molar-refractivity contribution >= 4 is 10.0 Å². The number of sulfonamides is 1. The molecule has 0 spiro atoms. The molecule has 4 rings (SSSR count). The van der Waals surface area contributed by atoms with Crippen LogP contribution in [-0.2, 0) is 36.0 Å². The van der Waals surface area contributed by atoms with E-state index >= 15 is 0 Å². The maximum absolute atomic E-state index is 11.6. The van der Waals surface area contributed by atoms with Crippen molar-refractivity contribution in [1.82, 2.24) is 9.62 Å². The van der Waals surface area contributed by atoms with E-state index in [0.29, 0.717) is 13.1 Å². The molecule has 7 heteroatoms. The number of hydrogen-bond donors (Lipinski definition) is 2. The van der Waals surface area contributed by atoms with Gasteiger partial charge in [-0.2, -0.15) is 0 Å². The van der Waals surface area contributed by atoms with Gasteiger partial charge >= 0.3 is 0 Å². The Hall–Kier alpha value is -2.71. The first kappa shape index (κ1) is 26.4. The number of para-hydroxylation sites is 1. The van der Waals surface area contributed by atoms with Crippen LogP contribution in [-0.4, -0.2) is 50.0 Å². The van der Waals surface area contributed by atoms with Crippen molar-refractivity contribution in [2.75, 3.05) is 19.4 Å². The van der Waals surface area contributed by atoms with Gasteiger partial charge in [0.05, 0.1) is 6.26 Å². The molecule has 0 saturated heterocycles. The second-order valence-corrected chi connectivity index (χ2v) is 11.5. The first-order chi connectivity index (χ1) is 17.4. The van der Waals surface area contributed by atoms with Crippen molar-refractivity contribution < 1.29 is 18.3 Å². The van der Waals surface area contributed by atoms with Crippen LogP contribution in [0.15, 0.2) is 78.9 Å². The molecule has 6 nitrogen and oxygen atoms in total. The van der Waals surface area contributed by atoms with Gasteiger partial charge in [-0.15, -0.1) is 0 Å². The zero-order chi connectivity index (χ0) is 25.4. The zero-order valence-electron chi connectivity index (χ0n) is 20.8. The SMILES string of the molecule is CS(=O)(=O)NCc1ccc2c(c1)CC(N(Cc1ccccc1)C[C@H](O)COc1ccccc1)CCC2. The van der Waals surface area contributed by atoms with E-state index in [0.717, 1.165) is 43.5 Å². The molecule has 0 fully saturated rings. The Morgan fingerprint density at radius 2 is 1.72 bits per heavy atom. The fourth-order valence-corrected chi connectivity index (χ4v) is 5.26. The Morgan fingerprint density at radius 3 is 2.44 bits per heavy atom. The van der Waals surface area contributed by atoms with E-state index in [1.54, 1.807) is 0 Å². The minimum Gasteiger partial charge on any atom is -0.491 e. The van der Waals surface area contributed by atoms with Crippen LogP contribution in [0.3, 0.4) is 0 Å². The molecule has 3 aromatic carbocycles. The quantitative estimate of drug-likeness (QED) is 0.384. The molecular weight excluding hydrogens is 472 g/mol. The molecule has 0 radical (unpaired) electrons. The van der Waals surface area contributed by atoms with Gasteiger partial charge in [0.25, 0.3) is 0 Å². The minimum atomic E-state index is -3.25. The van der Waals surface area contributed by atoms with E-state index in [1.165, 1.54) is 22.9 Å². The summed E-state index contributed by atoms with van der Waals surface area (Å²) in [6, 6.07) is 26.5. The fraction of sp³-hybridized carbons (Fsp3) is 0.379. The molecule has 0 aromatic heterocycles. The van der Waals surface area contributed by atoms with E-state index < -0.39 is 16.1 Å². The summed E-state index contributed by atoms with van der Waals surface area (Å²) in [7, 11) is -3.25. The van der Waals surface area contributed by atoms with E-state index in [1.807, 2.05) is 54.6 Å². The molecule has 0 saturated carbocycles. The lowest BCUT2D eigenvalue weighted by Gasteiger charge is -2.33. The second-order valence-electron chi connectivity index (χ2n) is 9.64. The molecule has 0 aliphatic heterocycles. The molecule has 1 unspecified atom stereocenters. The molecule has 1 aliphatic carbocycles. The third kappa shape index (κ3) is 8.17. The number of aryl methyl sites for hydroxylation is 1. The number of fused-ring (bicyclic) bond motifs is 1. The lowest BCUT2D eigenvalue weighted by atomic mass is 9.98. The molecule has 2 N–H and O–H groups in total. The van der Waals surface area contributed by atoms with Crippen LogP contribution >= 0.6 is 0 Å². The molecule has 0 heterocycles. The van der Waals surface area contributed by atoms with Crippen LogP contribution in [0.25, 0.3) is 0 Å². The van der Waals surface area contributed by atoms with Crippen molar-refractivity contribution in [2.45, 2.75) is 50.9 Å². The summed E-state index contributed by atoms with van der Waals surface area (Å²) >= 11 is 0. The van der Waals surface area contributed by atoms with Gasteiger partial charge in [0.15, 0.2) is 0 Å². The normalized spacial score (nSPS) is 16.8. The van der Waals surface area contributed by atoms with E-state index in [2.05, 4.69) is 33.9 Å². The number of nitrogens with one attached hydrogen (secondary N) is 1. The molecule has 0 amide bonds. The average Bonchev–Trinajstić information content (AvgIpc) is 3.09. The standard InChI is InChI=1S/C29H36N2O4S/c1-36(33,34)30-19-24-15-16-25-11-8-12-27(18-26(25)17-24)31(20-23-9-4-2-5-10-23)21-28(32)22-35-29-13-6-3-7-14-29/h2-7,9-10,13-17,27-28,30,32H,8,11-12,18-22H2,1H3/t27?,28-/m0/s1. The van der Waals surface area contributed by atoms with E-state index in [4.69, 9.17) is 4.74 Å². The van der Waals surface area contributed by atoms with Gasteiger partial charge in [-0.05, 0) is 60.1 Å². The third-order valence-corrected chi connectivity index (χ3v) is 7.29. The maximum Gasteiger partial charge on any atom is 0.209 e. The molecule has 0 bridgehead atoms. The fourth-order valence-electron chi connectivity index (χ4n) is 4.83. The van der Waals surface area contributed by atoms with Gasteiger partial charge < -0.3 is 9.84 Å². The number of rotatable bonds is 11. The van der Waals surface area contributed by atoms with Gasteiger partial charge in [-0.25, -0.2) is 13.1 Å². The van der Waals surface area contributed by atoms with Gasteiger partial charge in [0.2, 0.25) is 10.0 Å². The van der Waals surface area contributed by atoms with Crippen LogP contribution in [0.1, 0.15) is 35.1 Å². The average molecular weight is 509 g/mol. The number of aliphatic hydroxyl groups is 1. The molecule has 192 valence electrons. The van der Waals surface area contributed by atoms with Crippen LogP contribution in [0.2, 0.25) is 0 Å². The zero-order valence-corrected chi connectivity index (χ0v) is 21.7. The topological polar surface area (TPSA) is 78.9 Å². The Kier molecular flexibility index (Phi) is 9.15. The second kappa shape index (κ2) is 12.5. The monoisotopic (exact) mass is 508 g/mol. The van der Waals surface area contributed by atoms with Crippen molar-refractivity contribution in [3.8, 4) is 5.75 Å². The first-order valence-electron chi connectivity index (χ1n) is 12.5.